The summed E-state index contributed by atoms with van der Waals surface area (Å²) < 4.78 is 16.0. The largest absolute Gasteiger partial charge is 0.456 e. The van der Waals surface area contributed by atoms with E-state index in [1.807, 2.05) is 0 Å². The van der Waals surface area contributed by atoms with Gasteiger partial charge in [-0.2, -0.15) is 0 Å². The van der Waals surface area contributed by atoms with Gasteiger partial charge in [0.2, 0.25) is 6.29 Å². The van der Waals surface area contributed by atoms with E-state index in [2.05, 4.69) is 6.92 Å². The summed E-state index contributed by atoms with van der Waals surface area (Å²) in [5.74, 6) is -0.799. The minimum atomic E-state index is -0.762. The van der Waals surface area contributed by atoms with E-state index in [0.29, 0.717) is 6.42 Å². The molecule has 0 aromatic rings. The summed E-state index contributed by atoms with van der Waals surface area (Å²) in [5.41, 5.74) is 0. The van der Waals surface area contributed by atoms with Crippen LogP contribution in [0.5, 0.6) is 0 Å². The highest BCUT2D eigenvalue weighted by atomic mass is 16.7. The second kappa shape index (κ2) is 8.15. The number of unbranched alkanes of at least 4 members (excludes halogenated alkanes) is 2. The van der Waals surface area contributed by atoms with Crippen LogP contribution in [-0.2, 0) is 23.8 Å². The van der Waals surface area contributed by atoms with Gasteiger partial charge in [0.25, 0.3) is 0 Å². The van der Waals surface area contributed by atoms with Gasteiger partial charge in [-0.15, -0.1) is 0 Å². The Morgan fingerprint density at radius 3 is 2.37 bits per heavy atom. The van der Waals surface area contributed by atoms with Crippen molar-refractivity contribution in [2.24, 2.45) is 0 Å². The number of rotatable bonds is 6. The molecule has 0 bridgehead atoms. The highest BCUT2D eigenvalue weighted by Crippen LogP contribution is 2.26. The van der Waals surface area contributed by atoms with E-state index in [1.165, 1.54) is 20.3 Å². The van der Waals surface area contributed by atoms with E-state index in [-0.39, 0.29) is 12.1 Å². The molecule has 1 aliphatic rings. The van der Waals surface area contributed by atoms with Gasteiger partial charge in [0.05, 0.1) is 6.10 Å². The molecule has 3 atom stereocenters. The van der Waals surface area contributed by atoms with Crippen molar-refractivity contribution in [3.05, 3.63) is 0 Å². The first-order chi connectivity index (χ1) is 9.02. The lowest BCUT2D eigenvalue weighted by atomic mass is 10.0. The van der Waals surface area contributed by atoms with Crippen molar-refractivity contribution in [2.75, 3.05) is 0 Å². The standard InChI is InChI=1S/C14H24O5/c1-4-5-6-7-12-8-9-13(17-10(2)15)14(19-12)18-11(3)16/h12-14H,4-9H2,1-3H3/t12-,13-,14-/m0/s1. The SMILES string of the molecule is CCCCC[C@H]1CC[C@H](OC(C)=O)[C@@H](OC(C)=O)O1. The fraction of sp³-hybridized carbons (Fsp3) is 0.857. The Bertz CT molecular complexity index is 302. The van der Waals surface area contributed by atoms with Gasteiger partial charge in [0.15, 0.2) is 6.10 Å². The minimum absolute atomic E-state index is 0.0858. The molecule has 1 rings (SSSR count). The summed E-state index contributed by atoms with van der Waals surface area (Å²) in [6.07, 6.45) is 4.74. The van der Waals surface area contributed by atoms with Crippen molar-refractivity contribution in [2.45, 2.75) is 77.8 Å². The normalized spacial score (nSPS) is 26.8. The first kappa shape index (κ1) is 16.0. The monoisotopic (exact) mass is 272 g/mol. The fourth-order valence-electron chi connectivity index (χ4n) is 2.26. The van der Waals surface area contributed by atoms with Gasteiger partial charge in [-0.1, -0.05) is 26.2 Å². The zero-order valence-corrected chi connectivity index (χ0v) is 12.0. The van der Waals surface area contributed by atoms with Crippen molar-refractivity contribution in [1.29, 1.82) is 0 Å². The summed E-state index contributed by atoms with van der Waals surface area (Å²) >= 11 is 0. The zero-order valence-electron chi connectivity index (χ0n) is 12.0. The number of carbonyl (C=O) groups is 2. The molecule has 5 nitrogen and oxygen atoms in total. The molecule has 19 heavy (non-hydrogen) atoms. The molecule has 1 aliphatic heterocycles. The highest BCUT2D eigenvalue weighted by molar-refractivity contribution is 5.67. The average molecular weight is 272 g/mol. The Morgan fingerprint density at radius 2 is 1.79 bits per heavy atom. The molecule has 0 saturated carbocycles. The van der Waals surface area contributed by atoms with Crippen LogP contribution in [0.25, 0.3) is 0 Å². The van der Waals surface area contributed by atoms with E-state index in [1.54, 1.807) is 0 Å². The van der Waals surface area contributed by atoms with Crippen molar-refractivity contribution in [3.63, 3.8) is 0 Å². The fourth-order valence-corrected chi connectivity index (χ4v) is 2.26. The second-order valence-corrected chi connectivity index (χ2v) is 4.96. The number of esters is 2. The van der Waals surface area contributed by atoms with Gasteiger partial charge in [0, 0.05) is 13.8 Å². The molecule has 0 spiro atoms. The molecule has 1 fully saturated rings. The quantitative estimate of drug-likeness (QED) is 0.549. The van der Waals surface area contributed by atoms with Gasteiger partial charge in [-0.25, -0.2) is 0 Å². The molecule has 0 aromatic carbocycles. The lowest BCUT2D eigenvalue weighted by molar-refractivity contribution is -0.242. The Kier molecular flexibility index (Phi) is 6.84. The van der Waals surface area contributed by atoms with Crippen LogP contribution in [0.1, 0.15) is 59.3 Å². The van der Waals surface area contributed by atoms with E-state index in [9.17, 15) is 9.59 Å². The molecule has 0 amide bonds. The van der Waals surface area contributed by atoms with E-state index in [0.717, 1.165) is 25.7 Å². The topological polar surface area (TPSA) is 61.8 Å². The lowest BCUT2D eigenvalue weighted by Gasteiger charge is -2.35. The van der Waals surface area contributed by atoms with E-state index >= 15 is 0 Å². The first-order valence-electron chi connectivity index (χ1n) is 7.02. The molecule has 0 radical (unpaired) electrons. The maximum Gasteiger partial charge on any atom is 0.305 e. The Hall–Kier alpha value is -1.10. The third kappa shape index (κ3) is 6.05. The second-order valence-electron chi connectivity index (χ2n) is 4.96. The van der Waals surface area contributed by atoms with Crippen LogP contribution in [0.15, 0.2) is 0 Å². The summed E-state index contributed by atoms with van der Waals surface area (Å²) in [7, 11) is 0. The van der Waals surface area contributed by atoms with E-state index in [4.69, 9.17) is 14.2 Å². The van der Waals surface area contributed by atoms with Crippen molar-refractivity contribution >= 4 is 11.9 Å². The molecule has 110 valence electrons. The van der Waals surface area contributed by atoms with Crippen LogP contribution < -0.4 is 0 Å². The van der Waals surface area contributed by atoms with Crippen LogP contribution in [0.3, 0.4) is 0 Å². The number of hydrogen-bond acceptors (Lipinski definition) is 5. The molecular weight excluding hydrogens is 248 g/mol. The molecule has 1 heterocycles. The van der Waals surface area contributed by atoms with Crippen molar-refractivity contribution in [1.82, 2.24) is 0 Å². The van der Waals surface area contributed by atoms with Gasteiger partial charge in [0.1, 0.15) is 0 Å². The molecule has 5 heteroatoms. The van der Waals surface area contributed by atoms with Crippen molar-refractivity contribution in [3.8, 4) is 0 Å². The summed E-state index contributed by atoms with van der Waals surface area (Å²) in [4.78, 5) is 22.1. The lowest BCUT2D eigenvalue weighted by Crippen LogP contribution is -2.43. The first-order valence-corrected chi connectivity index (χ1v) is 7.02. The minimum Gasteiger partial charge on any atom is -0.456 e. The maximum absolute atomic E-state index is 11.1. The Balaban J connectivity index is 2.49. The molecule has 0 unspecified atom stereocenters. The summed E-state index contributed by atoms with van der Waals surface area (Å²) in [5, 5.41) is 0. The molecule has 0 N–H and O–H groups in total. The predicted octanol–water partition coefficient (Wildman–Crippen LogP) is 2.57. The summed E-state index contributed by atoms with van der Waals surface area (Å²) in [6, 6.07) is 0. The third-order valence-electron chi connectivity index (χ3n) is 3.13. The highest BCUT2D eigenvalue weighted by Gasteiger charge is 2.35. The molecule has 0 aromatic heterocycles. The molecular formula is C14H24O5. The summed E-state index contributed by atoms with van der Waals surface area (Å²) in [6.45, 7) is 4.83. The molecule has 1 saturated heterocycles. The van der Waals surface area contributed by atoms with Crippen LogP contribution in [0, 0.1) is 0 Å². The smallest absolute Gasteiger partial charge is 0.305 e. The molecule has 0 aliphatic carbocycles. The zero-order chi connectivity index (χ0) is 14.3. The average Bonchev–Trinajstić information content (AvgIpc) is 2.31. The Morgan fingerprint density at radius 1 is 1.11 bits per heavy atom. The van der Waals surface area contributed by atoms with E-state index < -0.39 is 18.4 Å². The van der Waals surface area contributed by atoms with Crippen LogP contribution in [0.4, 0.5) is 0 Å². The van der Waals surface area contributed by atoms with Gasteiger partial charge >= 0.3 is 11.9 Å². The van der Waals surface area contributed by atoms with Gasteiger partial charge < -0.3 is 14.2 Å². The van der Waals surface area contributed by atoms with Crippen LogP contribution in [0.2, 0.25) is 0 Å². The van der Waals surface area contributed by atoms with Crippen LogP contribution in [-0.4, -0.2) is 30.4 Å². The Labute approximate surface area is 114 Å². The maximum atomic E-state index is 11.1. The van der Waals surface area contributed by atoms with Crippen molar-refractivity contribution < 1.29 is 23.8 Å². The van der Waals surface area contributed by atoms with Crippen LogP contribution >= 0.6 is 0 Å². The number of carbonyl (C=O) groups excluding carboxylic acids is 2. The van der Waals surface area contributed by atoms with Gasteiger partial charge in [-0.3, -0.25) is 9.59 Å². The predicted molar refractivity (Wildman–Crippen MR) is 69.4 cm³/mol. The number of hydrogen-bond donors (Lipinski definition) is 0. The third-order valence-corrected chi connectivity index (χ3v) is 3.13. The van der Waals surface area contributed by atoms with Gasteiger partial charge in [-0.05, 0) is 19.3 Å². The number of ether oxygens (including phenoxy) is 3.